The fraction of sp³-hybridized carbons (Fsp3) is 0.417. The van der Waals surface area contributed by atoms with E-state index in [1.807, 2.05) is 6.07 Å². The van der Waals surface area contributed by atoms with Crippen molar-refractivity contribution in [3.05, 3.63) is 23.8 Å². The highest BCUT2D eigenvalue weighted by Gasteiger charge is 2.31. The Kier molecular flexibility index (Phi) is 4.91. The third-order valence-electron chi connectivity index (χ3n) is 2.43. The summed E-state index contributed by atoms with van der Waals surface area (Å²) in [6.07, 6.45) is -2.49. The molecule has 0 radical (unpaired) electrons. The Morgan fingerprint density at radius 2 is 2.06 bits per heavy atom. The molecule has 0 saturated heterocycles. The normalized spacial score (nSPS) is 11.1. The molecule has 98 valence electrons. The first kappa shape index (κ1) is 14.7. The number of hydrogen-bond donors (Lipinski definition) is 0. The summed E-state index contributed by atoms with van der Waals surface area (Å²) in [6.45, 7) is 0.792. The lowest BCUT2D eigenvalue weighted by Crippen LogP contribution is -2.34. The van der Waals surface area contributed by atoms with Gasteiger partial charge in [-0.1, -0.05) is 6.07 Å². The van der Waals surface area contributed by atoms with Crippen molar-refractivity contribution in [3.8, 4) is 6.07 Å². The minimum atomic E-state index is -4.28. The zero-order valence-electron chi connectivity index (χ0n) is 10.1. The number of anilines is 1. The molecule has 0 N–H and O–H groups in total. The molecule has 0 aliphatic rings. The monoisotopic (exact) mass is 274 g/mol. The van der Waals surface area contributed by atoms with Crippen LogP contribution in [-0.4, -0.2) is 25.5 Å². The van der Waals surface area contributed by atoms with Gasteiger partial charge in [0.2, 0.25) is 0 Å². The van der Waals surface area contributed by atoms with Gasteiger partial charge in [0.15, 0.2) is 0 Å². The Balaban J connectivity index is 3.18. The summed E-state index contributed by atoms with van der Waals surface area (Å²) in [5, 5.41) is 9.10. The van der Waals surface area contributed by atoms with Gasteiger partial charge in [0.1, 0.15) is 12.6 Å². The number of nitriles is 1. The number of alkyl halides is 3. The Morgan fingerprint density at radius 3 is 2.50 bits per heavy atom. The van der Waals surface area contributed by atoms with Crippen LogP contribution in [0.5, 0.6) is 0 Å². The first-order chi connectivity index (χ1) is 8.42. The summed E-state index contributed by atoms with van der Waals surface area (Å²) in [5.74, 6) is 0. The van der Waals surface area contributed by atoms with Crippen molar-refractivity contribution in [1.82, 2.24) is 0 Å². The van der Waals surface area contributed by atoms with Gasteiger partial charge in [-0.15, -0.1) is 11.8 Å². The molecule has 0 bridgehead atoms. The first-order valence-electron chi connectivity index (χ1n) is 5.31. The van der Waals surface area contributed by atoms with E-state index < -0.39 is 12.7 Å². The van der Waals surface area contributed by atoms with E-state index in [0.717, 1.165) is 4.90 Å². The summed E-state index contributed by atoms with van der Waals surface area (Å²) >= 11 is 1.35. The first-order valence-corrected chi connectivity index (χ1v) is 6.54. The highest BCUT2D eigenvalue weighted by Crippen LogP contribution is 2.30. The van der Waals surface area contributed by atoms with Crippen LogP contribution in [0, 0.1) is 11.3 Å². The van der Waals surface area contributed by atoms with Crippen molar-refractivity contribution in [2.24, 2.45) is 0 Å². The Hall–Kier alpha value is -1.35. The molecule has 0 aliphatic carbocycles. The molecule has 1 aromatic carbocycles. The molecule has 0 fully saturated rings. The second-order valence-corrected chi connectivity index (χ2v) is 4.44. The van der Waals surface area contributed by atoms with Gasteiger partial charge in [-0.2, -0.15) is 18.4 Å². The largest absolute Gasteiger partial charge is 0.405 e. The summed E-state index contributed by atoms with van der Waals surface area (Å²) in [6, 6.07) is 6.93. The number of nitrogens with zero attached hydrogens (tertiary/aromatic N) is 2. The number of benzene rings is 1. The van der Waals surface area contributed by atoms with E-state index in [9.17, 15) is 13.2 Å². The van der Waals surface area contributed by atoms with E-state index in [-0.39, 0.29) is 6.54 Å². The van der Waals surface area contributed by atoms with Crippen LogP contribution >= 0.6 is 11.8 Å². The minimum absolute atomic E-state index is 0.200. The molecule has 0 atom stereocenters. The molecule has 0 heterocycles. The number of halogens is 3. The lowest BCUT2D eigenvalue weighted by molar-refractivity contribution is -0.119. The van der Waals surface area contributed by atoms with Crippen LogP contribution < -0.4 is 4.90 Å². The molecule has 0 amide bonds. The molecule has 6 heteroatoms. The highest BCUT2D eigenvalue weighted by molar-refractivity contribution is 7.98. The Bertz CT molecular complexity index is 452. The van der Waals surface area contributed by atoms with E-state index in [0.29, 0.717) is 16.1 Å². The van der Waals surface area contributed by atoms with Crippen molar-refractivity contribution < 1.29 is 13.2 Å². The molecular weight excluding hydrogens is 261 g/mol. The summed E-state index contributed by atoms with van der Waals surface area (Å²) < 4.78 is 37.4. The lowest BCUT2D eigenvalue weighted by Gasteiger charge is -2.25. The van der Waals surface area contributed by atoms with Crippen LogP contribution in [0.2, 0.25) is 0 Å². The van der Waals surface area contributed by atoms with Crippen molar-refractivity contribution in [3.63, 3.8) is 0 Å². The van der Waals surface area contributed by atoms with E-state index in [1.54, 1.807) is 31.4 Å². The van der Waals surface area contributed by atoms with E-state index in [2.05, 4.69) is 0 Å². The van der Waals surface area contributed by atoms with Crippen LogP contribution in [0.1, 0.15) is 12.5 Å². The Morgan fingerprint density at radius 1 is 1.39 bits per heavy atom. The molecule has 0 aromatic heterocycles. The smallest absolute Gasteiger partial charge is 0.362 e. The average molecular weight is 274 g/mol. The molecule has 1 aromatic rings. The SMILES string of the molecule is CCN(CC(F)(F)F)c1cccc(SC)c1C#N. The van der Waals surface area contributed by atoms with Gasteiger partial charge in [0.05, 0.1) is 11.3 Å². The van der Waals surface area contributed by atoms with Crippen LogP contribution in [0.15, 0.2) is 23.1 Å². The van der Waals surface area contributed by atoms with Crippen LogP contribution in [-0.2, 0) is 0 Å². The quantitative estimate of drug-likeness (QED) is 0.784. The predicted molar refractivity (Wildman–Crippen MR) is 66.9 cm³/mol. The lowest BCUT2D eigenvalue weighted by atomic mass is 10.1. The summed E-state index contributed by atoms with van der Waals surface area (Å²) in [7, 11) is 0. The van der Waals surface area contributed by atoms with E-state index in [4.69, 9.17) is 5.26 Å². The number of hydrogen-bond acceptors (Lipinski definition) is 3. The van der Waals surface area contributed by atoms with Gasteiger partial charge in [0.25, 0.3) is 0 Å². The third-order valence-corrected chi connectivity index (χ3v) is 3.21. The van der Waals surface area contributed by atoms with Crippen LogP contribution in [0.4, 0.5) is 18.9 Å². The van der Waals surface area contributed by atoms with Crippen molar-refractivity contribution in [2.75, 3.05) is 24.2 Å². The average Bonchev–Trinajstić information content (AvgIpc) is 2.33. The molecule has 0 spiro atoms. The number of thioether (sulfide) groups is 1. The van der Waals surface area contributed by atoms with Crippen molar-refractivity contribution >= 4 is 17.4 Å². The van der Waals surface area contributed by atoms with Gasteiger partial charge >= 0.3 is 6.18 Å². The molecule has 0 saturated carbocycles. The maximum Gasteiger partial charge on any atom is 0.405 e. The van der Waals surface area contributed by atoms with E-state index >= 15 is 0 Å². The van der Waals surface area contributed by atoms with Gasteiger partial charge < -0.3 is 4.90 Å². The van der Waals surface area contributed by atoms with Crippen molar-refractivity contribution in [1.29, 1.82) is 5.26 Å². The maximum atomic E-state index is 12.5. The molecule has 1 rings (SSSR count). The standard InChI is InChI=1S/C12H13F3N2S/c1-3-17(8-12(13,14)15)10-5-4-6-11(18-2)9(10)7-16/h4-6H,3,8H2,1-2H3. The van der Waals surface area contributed by atoms with Crippen LogP contribution in [0.25, 0.3) is 0 Å². The van der Waals surface area contributed by atoms with Crippen LogP contribution in [0.3, 0.4) is 0 Å². The summed E-state index contributed by atoms with van der Waals surface area (Å²) in [5.41, 5.74) is 0.639. The highest BCUT2D eigenvalue weighted by atomic mass is 32.2. The van der Waals surface area contributed by atoms with Gasteiger partial charge in [-0.05, 0) is 25.3 Å². The second-order valence-electron chi connectivity index (χ2n) is 3.60. The van der Waals surface area contributed by atoms with Crippen molar-refractivity contribution in [2.45, 2.75) is 18.0 Å². The Labute approximate surface area is 108 Å². The molecule has 2 nitrogen and oxygen atoms in total. The zero-order valence-corrected chi connectivity index (χ0v) is 10.9. The number of rotatable bonds is 4. The van der Waals surface area contributed by atoms with Gasteiger partial charge in [-0.3, -0.25) is 0 Å². The second kappa shape index (κ2) is 6.01. The maximum absolute atomic E-state index is 12.5. The zero-order chi connectivity index (χ0) is 13.8. The molecule has 18 heavy (non-hydrogen) atoms. The van der Waals surface area contributed by atoms with Gasteiger partial charge in [0, 0.05) is 11.4 Å². The molecule has 0 unspecified atom stereocenters. The minimum Gasteiger partial charge on any atom is -0.362 e. The summed E-state index contributed by atoms with van der Waals surface area (Å²) in [4.78, 5) is 1.86. The molecule has 0 aliphatic heterocycles. The fourth-order valence-corrected chi connectivity index (χ4v) is 2.22. The molecular formula is C12H13F3N2S. The topological polar surface area (TPSA) is 27.0 Å². The predicted octanol–water partition coefficient (Wildman–Crippen LogP) is 3.67. The van der Waals surface area contributed by atoms with E-state index in [1.165, 1.54) is 11.8 Å². The third kappa shape index (κ3) is 3.57. The van der Waals surface area contributed by atoms with Gasteiger partial charge in [-0.25, -0.2) is 0 Å². The fourth-order valence-electron chi connectivity index (χ4n) is 1.65.